The van der Waals surface area contributed by atoms with Gasteiger partial charge in [-0.15, -0.1) is 0 Å². The van der Waals surface area contributed by atoms with Crippen LogP contribution in [0.4, 0.5) is 0 Å². The van der Waals surface area contributed by atoms with Crippen molar-refractivity contribution in [3.63, 3.8) is 0 Å². The number of aromatic amines is 1. The minimum absolute atomic E-state index is 0.0897. The highest BCUT2D eigenvalue weighted by Gasteiger charge is 2.45. The van der Waals surface area contributed by atoms with Crippen LogP contribution in [-0.4, -0.2) is 34.0 Å². The van der Waals surface area contributed by atoms with E-state index in [1.165, 1.54) is 0 Å². The van der Waals surface area contributed by atoms with Crippen molar-refractivity contribution in [2.24, 2.45) is 5.92 Å². The number of nitrogens with one attached hydrogen (secondary N) is 2. The van der Waals surface area contributed by atoms with Crippen molar-refractivity contribution in [2.75, 3.05) is 6.54 Å². The lowest BCUT2D eigenvalue weighted by Crippen LogP contribution is -2.40. The summed E-state index contributed by atoms with van der Waals surface area (Å²) >= 11 is 0. The Labute approximate surface area is 147 Å². The van der Waals surface area contributed by atoms with Crippen molar-refractivity contribution in [1.29, 1.82) is 0 Å². The molecule has 1 aromatic heterocycles. The first-order valence-electron chi connectivity index (χ1n) is 8.89. The first-order chi connectivity index (χ1) is 12.0. The molecule has 0 unspecified atom stereocenters. The second-order valence-electron chi connectivity index (χ2n) is 7.14. The summed E-state index contributed by atoms with van der Waals surface area (Å²) in [4.78, 5) is 31.5. The van der Waals surface area contributed by atoms with Gasteiger partial charge in [0.15, 0.2) is 0 Å². The topological polar surface area (TPSA) is 84.1 Å². The number of cyclic esters (lactones) is 1. The first-order valence-corrected chi connectivity index (χ1v) is 8.89. The molecule has 2 aromatic rings. The summed E-state index contributed by atoms with van der Waals surface area (Å²) in [5, 5.41) is 2.93. The summed E-state index contributed by atoms with van der Waals surface area (Å²) in [6, 6.07) is 8.02. The molecule has 2 heterocycles. The van der Waals surface area contributed by atoms with Gasteiger partial charge in [-0.1, -0.05) is 18.6 Å². The number of H-pyrrole nitrogens is 1. The van der Waals surface area contributed by atoms with Crippen molar-refractivity contribution in [3.05, 3.63) is 30.1 Å². The Bertz CT molecular complexity index is 733. The fraction of sp³-hybridized carbons (Fsp3) is 0.526. The molecule has 1 saturated heterocycles. The fourth-order valence-corrected chi connectivity index (χ4v) is 3.28. The minimum atomic E-state index is -0.706. The lowest BCUT2D eigenvalue weighted by molar-refractivity contribution is -0.147. The molecule has 1 aliphatic heterocycles. The molecule has 0 aliphatic carbocycles. The molecule has 1 fully saturated rings. The molecule has 1 aliphatic rings. The zero-order valence-corrected chi connectivity index (χ0v) is 14.8. The Kier molecular flexibility index (Phi) is 5.06. The van der Waals surface area contributed by atoms with Gasteiger partial charge in [-0.25, -0.2) is 4.98 Å². The molecular formula is C19H25N3O3. The maximum Gasteiger partial charge on any atom is 0.307 e. The lowest BCUT2D eigenvalue weighted by Gasteiger charge is -2.23. The average molecular weight is 343 g/mol. The number of nitrogens with zero attached hydrogens (tertiary/aromatic N) is 1. The second kappa shape index (κ2) is 7.25. The van der Waals surface area contributed by atoms with E-state index in [9.17, 15) is 9.59 Å². The number of benzene rings is 1. The van der Waals surface area contributed by atoms with E-state index in [4.69, 9.17) is 4.74 Å². The van der Waals surface area contributed by atoms with Gasteiger partial charge in [0.2, 0.25) is 5.91 Å². The highest BCUT2D eigenvalue weighted by atomic mass is 16.6. The van der Waals surface area contributed by atoms with E-state index in [-0.39, 0.29) is 18.3 Å². The Hall–Kier alpha value is -2.37. The summed E-state index contributed by atoms with van der Waals surface area (Å²) in [5.74, 6) is 0.230. The quantitative estimate of drug-likeness (QED) is 0.598. The summed E-state index contributed by atoms with van der Waals surface area (Å²) in [6.45, 7) is 4.20. The third kappa shape index (κ3) is 4.18. The Morgan fingerprint density at radius 1 is 1.32 bits per heavy atom. The number of aromatic nitrogens is 2. The molecule has 1 atom stereocenters. The van der Waals surface area contributed by atoms with Gasteiger partial charge in [-0.3, -0.25) is 9.59 Å². The Balaban J connectivity index is 1.35. The molecule has 134 valence electrons. The van der Waals surface area contributed by atoms with Gasteiger partial charge in [0.25, 0.3) is 0 Å². The van der Waals surface area contributed by atoms with E-state index in [0.29, 0.717) is 6.54 Å². The van der Waals surface area contributed by atoms with Crippen molar-refractivity contribution in [3.8, 4) is 0 Å². The fourth-order valence-electron chi connectivity index (χ4n) is 3.28. The average Bonchev–Trinajstić information content (AvgIpc) is 3.09. The number of imidazole rings is 1. The van der Waals surface area contributed by atoms with Crippen molar-refractivity contribution in [1.82, 2.24) is 15.3 Å². The monoisotopic (exact) mass is 343 g/mol. The van der Waals surface area contributed by atoms with Crippen LogP contribution in [0.3, 0.4) is 0 Å². The molecule has 0 bridgehead atoms. The third-order valence-electron chi connectivity index (χ3n) is 4.73. The Morgan fingerprint density at radius 3 is 2.84 bits per heavy atom. The number of esters is 1. The maximum atomic E-state index is 12.2. The van der Waals surface area contributed by atoms with Gasteiger partial charge in [0.05, 0.1) is 23.4 Å². The van der Waals surface area contributed by atoms with Crippen LogP contribution in [0.15, 0.2) is 24.3 Å². The number of amides is 1. The maximum absolute atomic E-state index is 12.2. The van der Waals surface area contributed by atoms with Crippen molar-refractivity contribution >= 4 is 22.9 Å². The van der Waals surface area contributed by atoms with E-state index in [1.807, 2.05) is 24.3 Å². The summed E-state index contributed by atoms with van der Waals surface area (Å²) < 4.78 is 5.19. The number of para-hydroxylation sites is 2. The number of hydrogen-bond donors (Lipinski definition) is 2. The van der Waals surface area contributed by atoms with E-state index >= 15 is 0 Å². The smallest absolute Gasteiger partial charge is 0.307 e. The van der Waals surface area contributed by atoms with Crippen LogP contribution >= 0.6 is 0 Å². The molecule has 1 aromatic carbocycles. The number of rotatable bonds is 7. The number of carbonyl (C=O) groups is 2. The molecule has 0 saturated carbocycles. The van der Waals surface area contributed by atoms with Crippen LogP contribution in [0, 0.1) is 5.92 Å². The predicted molar refractivity (Wildman–Crippen MR) is 94.9 cm³/mol. The molecular weight excluding hydrogens is 318 g/mol. The van der Waals surface area contributed by atoms with E-state index in [0.717, 1.165) is 42.5 Å². The number of hydrogen-bond acceptors (Lipinski definition) is 4. The molecule has 6 nitrogen and oxygen atoms in total. The lowest BCUT2D eigenvalue weighted by atomic mass is 9.90. The summed E-state index contributed by atoms with van der Waals surface area (Å²) in [7, 11) is 0. The van der Waals surface area contributed by atoms with E-state index < -0.39 is 11.5 Å². The van der Waals surface area contributed by atoms with E-state index in [1.54, 1.807) is 13.8 Å². The van der Waals surface area contributed by atoms with Gasteiger partial charge in [-0.2, -0.15) is 0 Å². The number of fused-ring (bicyclic) bond motifs is 1. The minimum Gasteiger partial charge on any atom is -0.459 e. The SMILES string of the molecule is CC1(C)OC(=O)C[C@@H]1C(=O)NCCCCCc1nc2ccccc2[nH]1. The van der Waals surface area contributed by atoms with Crippen molar-refractivity contribution in [2.45, 2.75) is 51.6 Å². The summed E-state index contributed by atoms with van der Waals surface area (Å²) in [6.07, 6.45) is 4.02. The second-order valence-corrected chi connectivity index (χ2v) is 7.14. The number of aryl methyl sites for hydroxylation is 1. The molecule has 3 rings (SSSR count). The van der Waals surface area contributed by atoms with Crippen LogP contribution in [0.1, 0.15) is 45.4 Å². The van der Waals surface area contributed by atoms with Crippen LogP contribution in [0.5, 0.6) is 0 Å². The van der Waals surface area contributed by atoms with Crippen LogP contribution in [-0.2, 0) is 20.7 Å². The third-order valence-corrected chi connectivity index (χ3v) is 4.73. The molecule has 1 amide bonds. The van der Waals surface area contributed by atoms with E-state index in [2.05, 4.69) is 15.3 Å². The Morgan fingerprint density at radius 2 is 2.12 bits per heavy atom. The molecule has 6 heteroatoms. The molecule has 0 spiro atoms. The van der Waals surface area contributed by atoms with Crippen LogP contribution in [0.2, 0.25) is 0 Å². The summed E-state index contributed by atoms with van der Waals surface area (Å²) in [5.41, 5.74) is 1.36. The van der Waals surface area contributed by atoms with Crippen LogP contribution < -0.4 is 5.32 Å². The highest BCUT2D eigenvalue weighted by molar-refractivity contribution is 5.87. The number of carbonyl (C=O) groups excluding carboxylic acids is 2. The van der Waals surface area contributed by atoms with Gasteiger partial charge >= 0.3 is 5.97 Å². The molecule has 0 radical (unpaired) electrons. The zero-order chi connectivity index (χ0) is 17.9. The first kappa shape index (κ1) is 17.5. The van der Waals surface area contributed by atoms with Crippen molar-refractivity contribution < 1.29 is 14.3 Å². The van der Waals surface area contributed by atoms with Gasteiger partial charge in [0.1, 0.15) is 11.4 Å². The van der Waals surface area contributed by atoms with Gasteiger partial charge in [0, 0.05) is 13.0 Å². The number of ether oxygens (including phenoxy) is 1. The van der Waals surface area contributed by atoms with Gasteiger partial charge in [-0.05, 0) is 38.8 Å². The predicted octanol–water partition coefficient (Wildman–Crippen LogP) is 2.73. The normalized spacial score (nSPS) is 19.1. The zero-order valence-electron chi connectivity index (χ0n) is 14.8. The molecule has 25 heavy (non-hydrogen) atoms. The molecule has 2 N–H and O–H groups in total. The highest BCUT2D eigenvalue weighted by Crippen LogP contribution is 2.32. The largest absolute Gasteiger partial charge is 0.459 e. The number of unbranched alkanes of at least 4 members (excludes halogenated alkanes) is 2. The van der Waals surface area contributed by atoms with Crippen LogP contribution in [0.25, 0.3) is 11.0 Å². The van der Waals surface area contributed by atoms with Gasteiger partial charge < -0.3 is 15.0 Å². The standard InChI is InChI=1S/C19H25N3O3/c1-19(2)13(12-17(23)25-19)18(24)20-11-7-3-4-10-16-21-14-8-5-6-9-15(14)22-16/h5-6,8-9,13H,3-4,7,10-12H2,1-2H3,(H,20,24)(H,21,22)/t13-/m1/s1.